The zero-order valence-corrected chi connectivity index (χ0v) is 12.9. The third-order valence-electron chi connectivity index (χ3n) is 4.52. The number of Topliss-reactive ketones (excluding diaryl/α,β-unsaturated/α-hetero) is 1. The van der Waals surface area contributed by atoms with Crippen molar-refractivity contribution in [1.82, 2.24) is 5.43 Å². The van der Waals surface area contributed by atoms with Crippen molar-refractivity contribution in [3.63, 3.8) is 0 Å². The number of rotatable bonds is 2. The summed E-state index contributed by atoms with van der Waals surface area (Å²) in [6.07, 6.45) is 1.38. The van der Waals surface area contributed by atoms with Crippen LogP contribution in [-0.4, -0.2) is 22.5 Å². The van der Waals surface area contributed by atoms with Gasteiger partial charge in [-0.15, -0.1) is 0 Å². The number of benzene rings is 1. The van der Waals surface area contributed by atoms with Gasteiger partial charge in [0.05, 0.1) is 22.6 Å². The molecular weight excluding hydrogens is 282 g/mol. The highest BCUT2D eigenvalue weighted by molar-refractivity contribution is 6.15. The van der Waals surface area contributed by atoms with Crippen molar-refractivity contribution in [3.8, 4) is 0 Å². The van der Waals surface area contributed by atoms with Gasteiger partial charge in [0.15, 0.2) is 0 Å². The van der Waals surface area contributed by atoms with E-state index in [0.717, 1.165) is 6.42 Å². The molecule has 1 aliphatic carbocycles. The van der Waals surface area contributed by atoms with Crippen LogP contribution in [-0.2, 0) is 4.79 Å². The number of hydrogen-bond donors (Lipinski definition) is 1. The smallest absolute Gasteiger partial charge is 0.272 e. The maximum atomic E-state index is 12.5. The SMILES string of the molecule is Cc1ccc(C2=NN[C@H]3CC(C)(C)CC(=O)[C@H]23)cc1[N+](=O)[O-]. The summed E-state index contributed by atoms with van der Waals surface area (Å²) in [5.41, 5.74) is 4.98. The molecule has 0 aromatic heterocycles. The Bertz CT molecular complexity index is 694. The fourth-order valence-electron chi connectivity index (χ4n) is 3.49. The minimum atomic E-state index is -0.398. The van der Waals surface area contributed by atoms with E-state index in [0.29, 0.717) is 23.3 Å². The van der Waals surface area contributed by atoms with Crippen molar-refractivity contribution in [3.05, 3.63) is 39.4 Å². The van der Waals surface area contributed by atoms with E-state index in [4.69, 9.17) is 0 Å². The first-order valence-electron chi connectivity index (χ1n) is 7.40. The number of ketones is 1. The number of nitro groups is 1. The van der Waals surface area contributed by atoms with E-state index in [1.54, 1.807) is 19.1 Å². The van der Waals surface area contributed by atoms with Gasteiger partial charge in [0.1, 0.15) is 5.78 Å². The second-order valence-electron chi connectivity index (χ2n) is 6.98. The van der Waals surface area contributed by atoms with Crippen LogP contribution in [0.3, 0.4) is 0 Å². The lowest BCUT2D eigenvalue weighted by Crippen LogP contribution is -2.45. The summed E-state index contributed by atoms with van der Waals surface area (Å²) in [4.78, 5) is 23.2. The molecule has 2 aliphatic rings. The van der Waals surface area contributed by atoms with Crippen LogP contribution >= 0.6 is 0 Å². The molecule has 3 rings (SSSR count). The van der Waals surface area contributed by atoms with Crippen LogP contribution in [0.5, 0.6) is 0 Å². The Morgan fingerprint density at radius 3 is 2.82 bits per heavy atom. The summed E-state index contributed by atoms with van der Waals surface area (Å²) in [6, 6.07) is 5.02. The molecule has 1 fully saturated rings. The third-order valence-corrected chi connectivity index (χ3v) is 4.52. The third kappa shape index (κ3) is 2.38. The number of nitrogens with zero attached hydrogens (tertiary/aromatic N) is 2. The first-order chi connectivity index (χ1) is 10.3. The number of hydrazone groups is 1. The van der Waals surface area contributed by atoms with Gasteiger partial charge in [-0.05, 0) is 18.8 Å². The highest BCUT2D eigenvalue weighted by Crippen LogP contribution is 2.39. The molecule has 1 aromatic rings. The molecule has 0 radical (unpaired) electrons. The molecule has 1 aliphatic heterocycles. The maximum Gasteiger partial charge on any atom is 0.272 e. The molecule has 6 nitrogen and oxygen atoms in total. The number of nitro benzene ring substituents is 1. The lowest BCUT2D eigenvalue weighted by atomic mass is 9.68. The lowest BCUT2D eigenvalue weighted by molar-refractivity contribution is -0.385. The van der Waals surface area contributed by atoms with Gasteiger partial charge in [-0.2, -0.15) is 5.10 Å². The highest BCUT2D eigenvalue weighted by Gasteiger charge is 2.46. The first-order valence-corrected chi connectivity index (χ1v) is 7.40. The molecule has 0 unspecified atom stereocenters. The van der Waals surface area contributed by atoms with Gasteiger partial charge in [0.2, 0.25) is 0 Å². The van der Waals surface area contributed by atoms with Gasteiger partial charge in [-0.3, -0.25) is 14.9 Å². The number of carbonyl (C=O) groups is 1. The summed E-state index contributed by atoms with van der Waals surface area (Å²) in [5, 5.41) is 15.4. The molecule has 0 saturated heterocycles. The molecule has 116 valence electrons. The Labute approximate surface area is 128 Å². The largest absolute Gasteiger partial charge is 0.306 e. The van der Waals surface area contributed by atoms with Crippen LogP contribution in [0.1, 0.15) is 37.8 Å². The average Bonchev–Trinajstić information content (AvgIpc) is 2.81. The van der Waals surface area contributed by atoms with E-state index >= 15 is 0 Å². The molecule has 1 saturated carbocycles. The fraction of sp³-hybridized carbons (Fsp3) is 0.500. The summed E-state index contributed by atoms with van der Waals surface area (Å²) in [7, 11) is 0. The molecule has 1 aromatic carbocycles. The average molecular weight is 301 g/mol. The highest BCUT2D eigenvalue weighted by atomic mass is 16.6. The van der Waals surface area contributed by atoms with Gasteiger partial charge in [-0.1, -0.05) is 26.0 Å². The van der Waals surface area contributed by atoms with Crippen molar-refractivity contribution in [2.45, 2.75) is 39.7 Å². The Kier molecular flexibility index (Phi) is 3.27. The number of carbonyl (C=O) groups excluding carboxylic acids is 1. The van der Waals surface area contributed by atoms with E-state index in [-0.39, 0.29) is 28.8 Å². The van der Waals surface area contributed by atoms with Gasteiger partial charge in [0, 0.05) is 23.6 Å². The van der Waals surface area contributed by atoms with Crippen molar-refractivity contribution in [2.24, 2.45) is 16.4 Å². The zero-order valence-electron chi connectivity index (χ0n) is 12.9. The Balaban J connectivity index is 1.96. The predicted octanol–water partition coefficient (Wildman–Crippen LogP) is 2.58. The second-order valence-corrected chi connectivity index (χ2v) is 6.98. The van der Waals surface area contributed by atoms with Gasteiger partial charge in [-0.25, -0.2) is 0 Å². The van der Waals surface area contributed by atoms with Gasteiger partial charge < -0.3 is 5.43 Å². The van der Waals surface area contributed by atoms with E-state index in [2.05, 4.69) is 24.4 Å². The minimum Gasteiger partial charge on any atom is -0.306 e. The summed E-state index contributed by atoms with van der Waals surface area (Å²) in [6.45, 7) is 5.86. The quantitative estimate of drug-likeness (QED) is 0.672. The number of nitrogens with one attached hydrogen (secondary N) is 1. The summed E-state index contributed by atoms with van der Waals surface area (Å²) in [5.74, 6) is -0.136. The molecular formula is C16H19N3O3. The Hall–Kier alpha value is -2.24. The van der Waals surface area contributed by atoms with Gasteiger partial charge >= 0.3 is 0 Å². The van der Waals surface area contributed by atoms with Crippen LogP contribution in [0.2, 0.25) is 0 Å². The molecule has 22 heavy (non-hydrogen) atoms. The van der Waals surface area contributed by atoms with Crippen LogP contribution in [0.25, 0.3) is 0 Å². The first kappa shape index (κ1) is 14.7. The standard InChI is InChI=1S/C16H19N3O3/c1-9-4-5-10(6-12(9)19(21)22)15-14-11(17-18-15)7-16(2,3)8-13(14)20/h4-6,11,14,17H,7-8H2,1-3H3/t11-,14+/m0/s1. The van der Waals surface area contributed by atoms with Crippen LogP contribution in [0, 0.1) is 28.4 Å². The summed E-state index contributed by atoms with van der Waals surface area (Å²) < 4.78 is 0. The molecule has 0 bridgehead atoms. The van der Waals surface area contributed by atoms with Crippen molar-refractivity contribution in [1.29, 1.82) is 0 Å². The molecule has 1 N–H and O–H groups in total. The number of fused-ring (bicyclic) bond motifs is 1. The van der Waals surface area contributed by atoms with Crippen LogP contribution in [0.15, 0.2) is 23.3 Å². The minimum absolute atomic E-state index is 0.00777. The molecule has 1 heterocycles. The Morgan fingerprint density at radius 2 is 2.14 bits per heavy atom. The molecule has 6 heteroatoms. The van der Waals surface area contributed by atoms with Crippen molar-refractivity contribution >= 4 is 17.2 Å². The van der Waals surface area contributed by atoms with Gasteiger partial charge in [0.25, 0.3) is 5.69 Å². The predicted molar refractivity (Wildman–Crippen MR) is 82.8 cm³/mol. The van der Waals surface area contributed by atoms with Crippen LogP contribution < -0.4 is 5.43 Å². The topological polar surface area (TPSA) is 84.6 Å². The van der Waals surface area contributed by atoms with E-state index < -0.39 is 4.92 Å². The van der Waals surface area contributed by atoms with E-state index in [1.165, 1.54) is 6.07 Å². The number of hydrogen-bond acceptors (Lipinski definition) is 5. The number of aryl methyl sites for hydroxylation is 1. The van der Waals surface area contributed by atoms with Crippen LogP contribution in [0.4, 0.5) is 5.69 Å². The second kappa shape index (κ2) is 4.90. The van der Waals surface area contributed by atoms with Crippen molar-refractivity contribution in [2.75, 3.05) is 0 Å². The molecule has 0 amide bonds. The lowest BCUT2D eigenvalue weighted by Gasteiger charge is -2.36. The zero-order chi connectivity index (χ0) is 16.1. The fourth-order valence-corrected chi connectivity index (χ4v) is 3.49. The van der Waals surface area contributed by atoms with Crippen molar-refractivity contribution < 1.29 is 9.72 Å². The molecule has 2 atom stereocenters. The summed E-state index contributed by atoms with van der Waals surface area (Å²) >= 11 is 0. The van der Waals surface area contributed by atoms with E-state index in [1.807, 2.05) is 0 Å². The maximum absolute atomic E-state index is 12.5. The normalized spacial score (nSPS) is 26.1. The monoisotopic (exact) mass is 301 g/mol. The van der Waals surface area contributed by atoms with E-state index in [9.17, 15) is 14.9 Å². The molecule has 0 spiro atoms. The Morgan fingerprint density at radius 1 is 1.41 bits per heavy atom.